The number of fused-ring (bicyclic) bond motifs is 1. The van der Waals surface area contributed by atoms with E-state index in [1.807, 2.05) is 0 Å². The van der Waals surface area contributed by atoms with Crippen molar-refractivity contribution in [3.63, 3.8) is 0 Å². The van der Waals surface area contributed by atoms with E-state index >= 15 is 0 Å². The molecular formula is C22H23NO7. The molecule has 2 amide bonds. The third-order valence-corrected chi connectivity index (χ3v) is 4.60. The predicted molar refractivity (Wildman–Crippen MR) is 106 cm³/mol. The van der Waals surface area contributed by atoms with E-state index in [1.165, 1.54) is 12.3 Å². The van der Waals surface area contributed by atoms with Crippen LogP contribution < -0.4 is 10.2 Å². The fourth-order valence-electron chi connectivity index (χ4n) is 2.89. The van der Waals surface area contributed by atoms with Crippen molar-refractivity contribution in [3.8, 4) is 5.75 Å². The summed E-state index contributed by atoms with van der Waals surface area (Å²) >= 11 is 0. The van der Waals surface area contributed by atoms with Gasteiger partial charge in [-0.1, -0.05) is 26.0 Å². The second-order valence-electron chi connectivity index (χ2n) is 7.32. The first-order valence-electron chi connectivity index (χ1n) is 9.72. The first-order chi connectivity index (χ1) is 14.4. The van der Waals surface area contributed by atoms with Crippen LogP contribution in [0.3, 0.4) is 0 Å². The van der Waals surface area contributed by atoms with Crippen molar-refractivity contribution < 1.29 is 28.3 Å². The quantitative estimate of drug-likeness (QED) is 0.460. The summed E-state index contributed by atoms with van der Waals surface area (Å²) in [4.78, 5) is 49.6. The minimum Gasteiger partial charge on any atom is -0.487 e. The molecule has 158 valence electrons. The number of carbonyl (C=O) groups excluding carboxylic acids is 3. The van der Waals surface area contributed by atoms with Crippen molar-refractivity contribution in [2.75, 3.05) is 13.2 Å². The lowest BCUT2D eigenvalue weighted by molar-refractivity contribution is -0.145. The Labute approximate surface area is 173 Å². The molecule has 0 bridgehead atoms. The summed E-state index contributed by atoms with van der Waals surface area (Å²) in [6.07, 6.45) is 1.85. The number of esters is 1. The normalized spacial score (nSPS) is 13.0. The minimum absolute atomic E-state index is 0.0856. The number of nitrogens with zero attached hydrogens (tertiary/aromatic N) is 1. The second kappa shape index (κ2) is 9.39. The highest BCUT2D eigenvalue weighted by Crippen LogP contribution is 2.22. The van der Waals surface area contributed by atoms with Gasteiger partial charge in [-0.2, -0.15) is 0 Å². The molecule has 1 aliphatic heterocycles. The highest BCUT2D eigenvalue weighted by Gasteiger charge is 2.35. The zero-order chi connectivity index (χ0) is 21.7. The van der Waals surface area contributed by atoms with Crippen molar-refractivity contribution in [2.45, 2.75) is 33.3 Å². The average molecular weight is 413 g/mol. The van der Waals surface area contributed by atoms with Gasteiger partial charge < -0.3 is 13.9 Å². The first kappa shape index (κ1) is 21.3. The maximum atomic E-state index is 12.3. The van der Waals surface area contributed by atoms with E-state index in [0.29, 0.717) is 23.7 Å². The number of amides is 2. The van der Waals surface area contributed by atoms with E-state index in [2.05, 4.69) is 13.8 Å². The molecule has 0 spiro atoms. The Morgan fingerprint density at radius 1 is 1.10 bits per heavy atom. The molecule has 1 aromatic heterocycles. The SMILES string of the molecule is CC(C)CCOc1coc(COC(=O)CCN2C(=O)c3ccccc3C2=O)cc1=O. The number of benzene rings is 1. The van der Waals surface area contributed by atoms with Gasteiger partial charge in [-0.3, -0.25) is 24.1 Å². The summed E-state index contributed by atoms with van der Waals surface area (Å²) in [5.74, 6) is -0.742. The summed E-state index contributed by atoms with van der Waals surface area (Å²) in [6, 6.07) is 7.72. The van der Waals surface area contributed by atoms with E-state index < -0.39 is 17.8 Å². The number of hydrogen-bond donors (Lipinski definition) is 0. The Morgan fingerprint density at radius 2 is 1.77 bits per heavy atom. The molecule has 30 heavy (non-hydrogen) atoms. The molecule has 2 aromatic rings. The monoisotopic (exact) mass is 413 g/mol. The van der Waals surface area contributed by atoms with Crippen molar-refractivity contribution >= 4 is 17.8 Å². The Morgan fingerprint density at radius 3 is 2.37 bits per heavy atom. The smallest absolute Gasteiger partial charge is 0.308 e. The van der Waals surface area contributed by atoms with Gasteiger partial charge in [0, 0.05) is 12.6 Å². The van der Waals surface area contributed by atoms with Gasteiger partial charge in [-0.05, 0) is 24.5 Å². The summed E-state index contributed by atoms with van der Waals surface area (Å²) in [5.41, 5.74) is 0.295. The van der Waals surface area contributed by atoms with Gasteiger partial charge in [0.2, 0.25) is 11.2 Å². The van der Waals surface area contributed by atoms with Crippen molar-refractivity contribution in [1.29, 1.82) is 0 Å². The predicted octanol–water partition coefficient (Wildman–Crippen LogP) is 2.79. The summed E-state index contributed by atoms with van der Waals surface area (Å²) in [7, 11) is 0. The molecule has 0 radical (unpaired) electrons. The molecule has 0 N–H and O–H groups in total. The molecule has 1 aromatic carbocycles. The Hall–Kier alpha value is -3.42. The summed E-state index contributed by atoms with van der Waals surface area (Å²) in [5, 5.41) is 0. The van der Waals surface area contributed by atoms with Crippen LogP contribution in [0.15, 0.2) is 45.8 Å². The van der Waals surface area contributed by atoms with Gasteiger partial charge in [0.25, 0.3) is 11.8 Å². The summed E-state index contributed by atoms with van der Waals surface area (Å²) < 4.78 is 15.7. The van der Waals surface area contributed by atoms with E-state index in [4.69, 9.17) is 13.9 Å². The molecule has 0 aliphatic carbocycles. The van der Waals surface area contributed by atoms with Crippen LogP contribution >= 0.6 is 0 Å². The lowest BCUT2D eigenvalue weighted by atomic mass is 10.1. The van der Waals surface area contributed by atoms with Crippen molar-refractivity contribution in [3.05, 3.63) is 63.7 Å². The average Bonchev–Trinajstić information content (AvgIpc) is 2.96. The van der Waals surface area contributed by atoms with Crippen molar-refractivity contribution in [2.24, 2.45) is 5.92 Å². The summed E-state index contributed by atoms with van der Waals surface area (Å²) in [6.45, 7) is 4.20. The molecule has 2 heterocycles. The Kier molecular flexibility index (Phi) is 6.66. The van der Waals surface area contributed by atoms with Gasteiger partial charge in [0.15, 0.2) is 0 Å². The fraction of sp³-hybridized carbons (Fsp3) is 0.364. The van der Waals surface area contributed by atoms with Gasteiger partial charge in [-0.15, -0.1) is 0 Å². The third-order valence-electron chi connectivity index (χ3n) is 4.60. The molecule has 0 saturated heterocycles. The van der Waals surface area contributed by atoms with E-state index in [1.54, 1.807) is 24.3 Å². The van der Waals surface area contributed by atoms with Crippen LogP contribution in [0.2, 0.25) is 0 Å². The molecule has 0 fully saturated rings. The van der Waals surface area contributed by atoms with Crippen LogP contribution in [0.5, 0.6) is 5.75 Å². The maximum absolute atomic E-state index is 12.3. The van der Waals surface area contributed by atoms with Crippen LogP contribution in [0.1, 0.15) is 53.2 Å². The van der Waals surface area contributed by atoms with Gasteiger partial charge in [-0.25, -0.2) is 0 Å². The fourth-order valence-corrected chi connectivity index (χ4v) is 2.89. The van der Waals surface area contributed by atoms with Crippen LogP contribution in [-0.4, -0.2) is 35.8 Å². The zero-order valence-corrected chi connectivity index (χ0v) is 16.9. The molecule has 0 saturated carbocycles. The Bertz CT molecular complexity index is 974. The number of hydrogen-bond acceptors (Lipinski definition) is 7. The van der Waals surface area contributed by atoms with Crippen LogP contribution in [0, 0.1) is 5.92 Å². The molecule has 0 atom stereocenters. The standard InChI is InChI=1S/C22H23NO7/c1-14(2)8-10-28-19-13-29-15(11-18(19)24)12-30-20(25)7-9-23-21(26)16-5-3-4-6-17(16)22(23)27/h3-6,11,13-14H,7-10,12H2,1-2H3. The van der Waals surface area contributed by atoms with Crippen LogP contribution in [-0.2, 0) is 16.1 Å². The van der Waals surface area contributed by atoms with Gasteiger partial charge >= 0.3 is 5.97 Å². The second-order valence-corrected chi connectivity index (χ2v) is 7.32. The lowest BCUT2D eigenvalue weighted by Gasteiger charge is -2.13. The maximum Gasteiger partial charge on any atom is 0.308 e. The Balaban J connectivity index is 1.47. The van der Waals surface area contributed by atoms with E-state index in [9.17, 15) is 19.2 Å². The molecule has 8 heteroatoms. The zero-order valence-electron chi connectivity index (χ0n) is 16.9. The molecule has 8 nitrogen and oxygen atoms in total. The number of imide groups is 1. The number of ether oxygens (including phenoxy) is 2. The van der Waals surface area contributed by atoms with Crippen LogP contribution in [0.25, 0.3) is 0 Å². The molecule has 1 aliphatic rings. The largest absolute Gasteiger partial charge is 0.487 e. The van der Waals surface area contributed by atoms with E-state index in [-0.39, 0.29) is 36.5 Å². The van der Waals surface area contributed by atoms with Gasteiger partial charge in [0.05, 0.1) is 24.2 Å². The van der Waals surface area contributed by atoms with Gasteiger partial charge in [0.1, 0.15) is 18.6 Å². The first-order valence-corrected chi connectivity index (χ1v) is 9.72. The topological polar surface area (TPSA) is 103 Å². The minimum atomic E-state index is -0.619. The number of rotatable bonds is 9. The highest BCUT2D eigenvalue weighted by atomic mass is 16.5. The van der Waals surface area contributed by atoms with Crippen molar-refractivity contribution in [1.82, 2.24) is 4.90 Å². The molecular weight excluding hydrogens is 390 g/mol. The molecule has 0 unspecified atom stereocenters. The van der Waals surface area contributed by atoms with E-state index in [0.717, 1.165) is 11.3 Å². The number of carbonyl (C=O) groups is 3. The molecule has 3 rings (SSSR count). The van der Waals surface area contributed by atoms with Crippen LogP contribution in [0.4, 0.5) is 0 Å². The third kappa shape index (κ3) is 4.94. The highest BCUT2D eigenvalue weighted by molar-refractivity contribution is 6.21. The lowest BCUT2D eigenvalue weighted by Crippen LogP contribution is -2.32.